The Bertz CT molecular complexity index is 350. The monoisotopic (exact) mass is 252 g/mol. The number of nitrogens with zero attached hydrogens (tertiary/aromatic N) is 2. The van der Waals surface area contributed by atoms with Crippen LogP contribution >= 0.6 is 11.6 Å². The number of anilines is 1. The summed E-state index contributed by atoms with van der Waals surface area (Å²) >= 11 is 5.81. The molecule has 1 unspecified atom stereocenters. The molecule has 0 aromatic heterocycles. The molecule has 1 aromatic rings. The van der Waals surface area contributed by atoms with Crippen molar-refractivity contribution in [2.45, 2.75) is 25.8 Å². The van der Waals surface area contributed by atoms with Gasteiger partial charge in [0.2, 0.25) is 0 Å². The normalized spacial score (nSPS) is 21.8. The van der Waals surface area contributed by atoms with Crippen LogP contribution in [0.15, 0.2) is 24.3 Å². The van der Waals surface area contributed by atoms with Crippen molar-refractivity contribution < 1.29 is 0 Å². The van der Waals surface area contributed by atoms with Crippen LogP contribution in [0.1, 0.15) is 19.4 Å². The van der Waals surface area contributed by atoms with Gasteiger partial charge in [0.15, 0.2) is 0 Å². The van der Waals surface area contributed by atoms with Crippen LogP contribution in [0.5, 0.6) is 0 Å². The lowest BCUT2D eigenvalue weighted by atomic mass is 10.1. The first-order chi connectivity index (χ1) is 8.24. The number of benzene rings is 1. The van der Waals surface area contributed by atoms with E-state index in [1.807, 2.05) is 0 Å². The maximum atomic E-state index is 5.81. The van der Waals surface area contributed by atoms with E-state index < -0.39 is 0 Å². The second-order valence-electron chi connectivity index (χ2n) is 4.72. The standard InChI is InChI=1S/C14H21ClN2/c1-3-16-8-9-17(11-12(16)2)14-6-4-13(10-15)5-7-14/h4-7,12H,3,8-11H2,1-2H3. The van der Waals surface area contributed by atoms with Crippen molar-refractivity contribution in [1.82, 2.24) is 4.90 Å². The predicted octanol–water partition coefficient (Wildman–Crippen LogP) is 2.96. The number of piperazine rings is 1. The van der Waals surface area contributed by atoms with Crippen LogP contribution in [-0.4, -0.2) is 37.1 Å². The summed E-state index contributed by atoms with van der Waals surface area (Å²) in [6, 6.07) is 9.26. The van der Waals surface area contributed by atoms with Gasteiger partial charge < -0.3 is 4.90 Å². The first-order valence-corrected chi connectivity index (χ1v) is 6.92. The Kier molecular flexibility index (Phi) is 4.30. The minimum atomic E-state index is 0.598. The summed E-state index contributed by atoms with van der Waals surface area (Å²) in [6.45, 7) is 9.10. The summed E-state index contributed by atoms with van der Waals surface area (Å²) in [5.74, 6) is 0.598. The van der Waals surface area contributed by atoms with E-state index >= 15 is 0 Å². The van der Waals surface area contributed by atoms with Crippen molar-refractivity contribution in [2.24, 2.45) is 0 Å². The van der Waals surface area contributed by atoms with E-state index in [4.69, 9.17) is 11.6 Å². The summed E-state index contributed by atoms with van der Waals surface area (Å²) in [5, 5.41) is 0. The van der Waals surface area contributed by atoms with Crippen molar-refractivity contribution in [3.05, 3.63) is 29.8 Å². The Morgan fingerprint density at radius 2 is 1.94 bits per heavy atom. The number of alkyl halides is 1. The van der Waals surface area contributed by atoms with Gasteiger partial charge in [0.25, 0.3) is 0 Å². The van der Waals surface area contributed by atoms with E-state index in [0.29, 0.717) is 11.9 Å². The van der Waals surface area contributed by atoms with E-state index in [-0.39, 0.29) is 0 Å². The smallest absolute Gasteiger partial charge is 0.0474 e. The van der Waals surface area contributed by atoms with Crippen LogP contribution in [0.2, 0.25) is 0 Å². The third-order valence-electron chi connectivity index (χ3n) is 3.63. The van der Waals surface area contributed by atoms with E-state index in [0.717, 1.165) is 26.2 Å². The van der Waals surface area contributed by atoms with Crippen LogP contribution in [0.4, 0.5) is 5.69 Å². The third kappa shape index (κ3) is 2.93. The second-order valence-corrected chi connectivity index (χ2v) is 4.99. The van der Waals surface area contributed by atoms with Gasteiger partial charge in [-0.1, -0.05) is 19.1 Å². The number of halogens is 1. The summed E-state index contributed by atoms with van der Waals surface area (Å²) in [7, 11) is 0. The van der Waals surface area contributed by atoms with E-state index in [1.54, 1.807) is 0 Å². The highest BCUT2D eigenvalue weighted by Gasteiger charge is 2.22. The molecule has 1 saturated heterocycles. The first kappa shape index (κ1) is 12.7. The summed E-state index contributed by atoms with van der Waals surface area (Å²) < 4.78 is 0. The van der Waals surface area contributed by atoms with Gasteiger partial charge in [-0.05, 0) is 31.2 Å². The zero-order valence-electron chi connectivity index (χ0n) is 10.7. The Morgan fingerprint density at radius 3 is 2.47 bits per heavy atom. The summed E-state index contributed by atoms with van der Waals surface area (Å²) in [6.07, 6.45) is 0. The van der Waals surface area contributed by atoms with Crippen molar-refractivity contribution in [2.75, 3.05) is 31.1 Å². The summed E-state index contributed by atoms with van der Waals surface area (Å²) in [4.78, 5) is 5.00. The molecule has 1 aliphatic rings. The lowest BCUT2D eigenvalue weighted by Crippen LogP contribution is -2.51. The SMILES string of the molecule is CCN1CCN(c2ccc(CCl)cc2)CC1C. The topological polar surface area (TPSA) is 6.48 Å². The Morgan fingerprint density at radius 1 is 1.24 bits per heavy atom. The molecule has 17 heavy (non-hydrogen) atoms. The molecule has 1 aromatic carbocycles. The van der Waals surface area contributed by atoms with E-state index in [9.17, 15) is 0 Å². The van der Waals surface area contributed by atoms with Gasteiger partial charge in [0.1, 0.15) is 0 Å². The van der Waals surface area contributed by atoms with Gasteiger partial charge >= 0.3 is 0 Å². The molecule has 0 amide bonds. The maximum absolute atomic E-state index is 5.81. The Hall–Kier alpha value is -0.730. The average molecular weight is 253 g/mol. The fourth-order valence-electron chi connectivity index (χ4n) is 2.50. The maximum Gasteiger partial charge on any atom is 0.0474 e. The molecule has 0 saturated carbocycles. The minimum absolute atomic E-state index is 0.598. The quantitative estimate of drug-likeness (QED) is 0.764. The third-order valence-corrected chi connectivity index (χ3v) is 3.94. The van der Waals surface area contributed by atoms with Crippen molar-refractivity contribution in [3.8, 4) is 0 Å². The largest absolute Gasteiger partial charge is 0.369 e. The van der Waals surface area contributed by atoms with E-state index in [2.05, 4.69) is 47.9 Å². The van der Waals surface area contributed by atoms with Crippen LogP contribution in [0.3, 0.4) is 0 Å². The molecule has 0 radical (unpaired) electrons. The molecule has 0 spiro atoms. The lowest BCUT2D eigenvalue weighted by Gasteiger charge is -2.40. The molecular weight excluding hydrogens is 232 g/mol. The van der Waals surface area contributed by atoms with Crippen molar-refractivity contribution in [1.29, 1.82) is 0 Å². The number of hydrogen-bond acceptors (Lipinski definition) is 2. The molecule has 2 rings (SSSR count). The Balaban J connectivity index is 2.03. The van der Waals surface area contributed by atoms with Crippen LogP contribution in [0, 0.1) is 0 Å². The zero-order valence-corrected chi connectivity index (χ0v) is 11.5. The van der Waals surface area contributed by atoms with Gasteiger partial charge in [-0.3, -0.25) is 4.90 Å². The number of likely N-dealkylation sites (N-methyl/N-ethyl adjacent to an activating group) is 1. The average Bonchev–Trinajstić information content (AvgIpc) is 2.39. The van der Waals surface area contributed by atoms with Gasteiger partial charge in [-0.25, -0.2) is 0 Å². The van der Waals surface area contributed by atoms with Crippen LogP contribution in [-0.2, 0) is 5.88 Å². The molecule has 1 aliphatic heterocycles. The predicted molar refractivity (Wildman–Crippen MR) is 74.9 cm³/mol. The fourth-order valence-corrected chi connectivity index (χ4v) is 2.67. The molecule has 3 heteroatoms. The molecular formula is C14H21ClN2. The van der Waals surface area contributed by atoms with Crippen LogP contribution in [0.25, 0.3) is 0 Å². The van der Waals surface area contributed by atoms with Gasteiger partial charge in [0, 0.05) is 37.2 Å². The summed E-state index contributed by atoms with van der Waals surface area (Å²) in [5.41, 5.74) is 2.51. The highest BCUT2D eigenvalue weighted by Crippen LogP contribution is 2.20. The zero-order chi connectivity index (χ0) is 12.3. The lowest BCUT2D eigenvalue weighted by molar-refractivity contribution is 0.199. The highest BCUT2D eigenvalue weighted by atomic mass is 35.5. The van der Waals surface area contributed by atoms with E-state index in [1.165, 1.54) is 11.3 Å². The van der Waals surface area contributed by atoms with Crippen LogP contribution < -0.4 is 4.90 Å². The first-order valence-electron chi connectivity index (χ1n) is 6.38. The molecule has 0 bridgehead atoms. The Labute approximate surface area is 109 Å². The van der Waals surface area contributed by atoms with Gasteiger partial charge in [0.05, 0.1) is 0 Å². The van der Waals surface area contributed by atoms with Gasteiger partial charge in [-0.2, -0.15) is 0 Å². The minimum Gasteiger partial charge on any atom is -0.369 e. The number of hydrogen-bond donors (Lipinski definition) is 0. The molecule has 0 N–H and O–H groups in total. The second kappa shape index (κ2) is 5.74. The highest BCUT2D eigenvalue weighted by molar-refractivity contribution is 6.17. The van der Waals surface area contributed by atoms with Crippen molar-refractivity contribution in [3.63, 3.8) is 0 Å². The molecule has 94 valence electrons. The fraction of sp³-hybridized carbons (Fsp3) is 0.571. The van der Waals surface area contributed by atoms with Gasteiger partial charge in [-0.15, -0.1) is 11.6 Å². The molecule has 1 fully saturated rings. The molecule has 0 aliphatic carbocycles. The number of rotatable bonds is 3. The molecule has 1 atom stereocenters. The molecule has 2 nitrogen and oxygen atoms in total. The molecule has 1 heterocycles. The van der Waals surface area contributed by atoms with Crippen molar-refractivity contribution >= 4 is 17.3 Å².